The summed E-state index contributed by atoms with van der Waals surface area (Å²) in [4.78, 5) is 27.0. The van der Waals surface area contributed by atoms with Crippen molar-refractivity contribution in [3.8, 4) is 0 Å². The van der Waals surface area contributed by atoms with Gasteiger partial charge in [-0.1, -0.05) is 87.5 Å². The summed E-state index contributed by atoms with van der Waals surface area (Å²) in [5.74, 6) is -1.99. The molecule has 0 saturated carbocycles. The van der Waals surface area contributed by atoms with Crippen LogP contribution in [0, 0.1) is 0 Å². The summed E-state index contributed by atoms with van der Waals surface area (Å²) in [6.07, 6.45) is 1.59. The average molecular weight is 712 g/mol. The third-order valence-corrected chi connectivity index (χ3v) is 14.8. The highest BCUT2D eigenvalue weighted by Crippen LogP contribution is 2.59. The van der Waals surface area contributed by atoms with Crippen LogP contribution in [0.1, 0.15) is 75.2 Å². The summed E-state index contributed by atoms with van der Waals surface area (Å²) in [5, 5.41) is 2.00. The van der Waals surface area contributed by atoms with Crippen LogP contribution in [0.4, 0.5) is 0 Å². The minimum atomic E-state index is -2.97. The molecule has 2 aliphatic heterocycles. The largest absolute Gasteiger partial charge is 0.457 e. The molecule has 7 nitrogen and oxygen atoms in total. The second kappa shape index (κ2) is 12.6. The van der Waals surface area contributed by atoms with Gasteiger partial charge in [0.05, 0.1) is 23.3 Å². The van der Waals surface area contributed by atoms with Crippen molar-refractivity contribution in [2.45, 2.75) is 115 Å². The quantitative estimate of drug-likeness (QED) is 0.134. The van der Waals surface area contributed by atoms with E-state index >= 15 is 0 Å². The number of carbonyl (C=O) groups is 2. The normalized spacial score (nSPS) is 28.7. The zero-order chi connectivity index (χ0) is 33.7. The van der Waals surface area contributed by atoms with Gasteiger partial charge in [0.2, 0.25) is 11.6 Å². The fraction of sp³-hybridized carbons (Fsp3) is 0.514. The van der Waals surface area contributed by atoms with E-state index in [0.29, 0.717) is 22.0 Å². The lowest BCUT2D eigenvalue weighted by molar-refractivity contribution is -0.301. The van der Waals surface area contributed by atoms with Crippen molar-refractivity contribution in [2.24, 2.45) is 0 Å². The Morgan fingerprint density at radius 1 is 0.935 bits per heavy atom. The number of rotatable bonds is 8. The third-order valence-electron chi connectivity index (χ3n) is 9.01. The Balaban J connectivity index is 1.57. The van der Waals surface area contributed by atoms with Crippen LogP contribution in [0.15, 0.2) is 82.4 Å². The minimum Gasteiger partial charge on any atom is -0.457 e. The van der Waals surface area contributed by atoms with Gasteiger partial charge >= 0.3 is 5.97 Å². The number of fused-ring (bicyclic) bond motifs is 2. The average Bonchev–Trinajstić information content (AvgIpc) is 3.73. The molecule has 2 fully saturated rings. The number of ketones is 1. The lowest BCUT2D eigenvalue weighted by Gasteiger charge is -2.48. The van der Waals surface area contributed by atoms with Crippen LogP contribution >= 0.6 is 15.9 Å². The Kier molecular flexibility index (Phi) is 9.54. The Labute approximate surface area is 282 Å². The maximum atomic E-state index is 14.2. The molecule has 1 spiro atoms. The second-order valence-electron chi connectivity index (χ2n) is 14.8. The molecule has 2 heterocycles. The standard InChI is InChI=1S/C37H47BrO7Si/c1-24(32(40)44-34(4,5)6)20-21-36-31(39)30(38)29(37(33(36)45-36)42-25(2)22-26(3)43-37)23-41-46(35(7,8)9,27-16-12-10-13-17-27)28-18-14-11-15-19-28/h10-20,25-26,33H,21-23H2,1-9H3/b24-20+/t25-,26-,33+,36+/m1/s1. The van der Waals surface area contributed by atoms with Gasteiger partial charge < -0.3 is 23.4 Å². The Morgan fingerprint density at radius 3 is 1.93 bits per heavy atom. The van der Waals surface area contributed by atoms with Crippen molar-refractivity contribution in [2.75, 3.05) is 6.61 Å². The van der Waals surface area contributed by atoms with E-state index in [-0.39, 0.29) is 36.1 Å². The lowest BCUT2D eigenvalue weighted by Crippen LogP contribution is -2.67. The zero-order valence-corrected chi connectivity index (χ0v) is 31.0. The number of hydrogen-bond acceptors (Lipinski definition) is 7. The summed E-state index contributed by atoms with van der Waals surface area (Å²) < 4.78 is 33.0. The van der Waals surface area contributed by atoms with Crippen molar-refractivity contribution in [1.29, 1.82) is 0 Å². The van der Waals surface area contributed by atoms with Gasteiger partial charge in [-0.3, -0.25) is 4.79 Å². The molecule has 9 heteroatoms. The molecule has 0 amide bonds. The molecule has 0 unspecified atom stereocenters. The number of ether oxygens (including phenoxy) is 4. The van der Waals surface area contributed by atoms with Crippen LogP contribution in [0.3, 0.4) is 0 Å². The van der Waals surface area contributed by atoms with Gasteiger partial charge in [0, 0.05) is 17.6 Å². The second-order valence-corrected chi connectivity index (χ2v) is 19.9. The number of esters is 1. The Morgan fingerprint density at radius 2 is 1.46 bits per heavy atom. The van der Waals surface area contributed by atoms with Crippen LogP contribution in [0.25, 0.3) is 0 Å². The monoisotopic (exact) mass is 710 g/mol. The van der Waals surface area contributed by atoms with E-state index in [1.807, 2.05) is 71.0 Å². The molecule has 248 valence electrons. The summed E-state index contributed by atoms with van der Waals surface area (Å²) in [6.45, 7) is 17.9. The van der Waals surface area contributed by atoms with Crippen molar-refractivity contribution in [3.05, 3.63) is 82.4 Å². The zero-order valence-electron chi connectivity index (χ0n) is 28.4. The Hall–Kier alpha value is -2.40. The van der Waals surface area contributed by atoms with E-state index < -0.39 is 37.4 Å². The van der Waals surface area contributed by atoms with E-state index in [1.54, 1.807) is 13.0 Å². The first-order chi connectivity index (χ1) is 21.5. The van der Waals surface area contributed by atoms with Gasteiger partial charge in [0.25, 0.3) is 8.32 Å². The molecule has 0 bridgehead atoms. The third kappa shape index (κ3) is 6.27. The summed E-state index contributed by atoms with van der Waals surface area (Å²) in [5.41, 5.74) is -0.863. The van der Waals surface area contributed by atoms with Gasteiger partial charge in [-0.05, 0) is 79.3 Å². The van der Waals surface area contributed by atoms with E-state index in [1.165, 1.54) is 0 Å². The fourth-order valence-corrected chi connectivity index (χ4v) is 12.2. The van der Waals surface area contributed by atoms with Crippen molar-refractivity contribution >= 4 is 46.4 Å². The number of halogens is 1. The van der Waals surface area contributed by atoms with Crippen molar-refractivity contribution in [3.63, 3.8) is 0 Å². The predicted molar refractivity (Wildman–Crippen MR) is 185 cm³/mol. The first kappa shape index (κ1) is 34.9. The first-order valence-corrected chi connectivity index (χ1v) is 18.8. The molecule has 0 aromatic heterocycles. The highest BCUT2D eigenvalue weighted by atomic mass is 79.9. The summed E-state index contributed by atoms with van der Waals surface area (Å²) >= 11 is 3.69. The maximum Gasteiger partial charge on any atom is 0.333 e. The SMILES string of the molecule is C/C(=C\C[C@@]12O[C@@H]1C1(O[C@H](C)C[C@@H](C)O1)C(CO[Si](c1ccccc1)(c1ccccc1)C(C)(C)C)=C(Br)C2=O)C(=O)OC(C)(C)C. The van der Waals surface area contributed by atoms with Gasteiger partial charge in [-0.15, -0.1) is 0 Å². The topological polar surface area (TPSA) is 83.6 Å². The summed E-state index contributed by atoms with van der Waals surface area (Å²) in [6, 6.07) is 20.8. The smallest absolute Gasteiger partial charge is 0.333 e. The van der Waals surface area contributed by atoms with Crippen LogP contribution in [-0.2, 0) is 33.0 Å². The molecule has 3 aliphatic rings. The highest BCUT2D eigenvalue weighted by molar-refractivity contribution is 9.12. The van der Waals surface area contributed by atoms with Gasteiger partial charge in [-0.2, -0.15) is 0 Å². The van der Waals surface area contributed by atoms with Gasteiger partial charge in [0.15, 0.2) is 11.7 Å². The van der Waals surface area contributed by atoms with E-state index in [0.717, 1.165) is 10.4 Å². The molecule has 2 aromatic carbocycles. The van der Waals surface area contributed by atoms with E-state index in [2.05, 4.69) is 61.0 Å². The van der Waals surface area contributed by atoms with Crippen LogP contribution in [0.2, 0.25) is 5.04 Å². The van der Waals surface area contributed by atoms with Crippen LogP contribution in [-0.4, -0.2) is 62.0 Å². The molecular weight excluding hydrogens is 664 g/mol. The minimum absolute atomic E-state index is 0.0990. The Bertz CT molecular complexity index is 1470. The molecule has 2 saturated heterocycles. The molecule has 1 aliphatic carbocycles. The van der Waals surface area contributed by atoms with Gasteiger partial charge in [-0.25, -0.2) is 4.79 Å². The molecule has 4 atom stereocenters. The van der Waals surface area contributed by atoms with Crippen molar-refractivity contribution in [1.82, 2.24) is 0 Å². The fourth-order valence-electron chi connectivity index (χ4n) is 6.92. The lowest BCUT2D eigenvalue weighted by atomic mass is 9.80. The van der Waals surface area contributed by atoms with Crippen LogP contribution in [0.5, 0.6) is 0 Å². The van der Waals surface area contributed by atoms with Crippen LogP contribution < -0.4 is 10.4 Å². The molecule has 0 radical (unpaired) electrons. The predicted octanol–water partition coefficient (Wildman–Crippen LogP) is 6.52. The van der Waals surface area contributed by atoms with E-state index in [4.69, 9.17) is 23.4 Å². The van der Waals surface area contributed by atoms with Gasteiger partial charge in [0.1, 0.15) is 5.60 Å². The number of epoxide rings is 1. The van der Waals surface area contributed by atoms with E-state index in [9.17, 15) is 9.59 Å². The summed E-state index contributed by atoms with van der Waals surface area (Å²) in [7, 11) is -2.97. The number of benzene rings is 2. The molecule has 46 heavy (non-hydrogen) atoms. The molecule has 0 N–H and O–H groups in total. The van der Waals surface area contributed by atoms with Crippen molar-refractivity contribution < 1.29 is 33.0 Å². The molecule has 2 aromatic rings. The number of carbonyl (C=O) groups excluding carboxylic acids is 2. The first-order valence-electron chi connectivity index (χ1n) is 16.1. The molecule has 5 rings (SSSR count). The maximum absolute atomic E-state index is 14.2. The molecular formula is C37H47BrO7Si. The number of hydrogen-bond donors (Lipinski definition) is 0. The number of Topliss-reactive ketones (excluding diaryl/α,β-unsaturated/α-hetero) is 1. The highest BCUT2D eigenvalue weighted by Gasteiger charge is 2.77.